The van der Waals surface area contributed by atoms with Crippen LogP contribution in [0.4, 0.5) is 0 Å². The van der Waals surface area contributed by atoms with Gasteiger partial charge in [-0.2, -0.15) is 0 Å². The number of imidazole rings is 1. The highest BCUT2D eigenvalue weighted by molar-refractivity contribution is 6.00. The number of nitrogens with zero attached hydrogens (tertiary/aromatic N) is 2. The number of aromatic carboxylic acids is 1. The maximum atomic E-state index is 12.6. The van der Waals surface area contributed by atoms with Gasteiger partial charge in [0, 0.05) is 19.0 Å². The van der Waals surface area contributed by atoms with Gasteiger partial charge >= 0.3 is 5.97 Å². The van der Waals surface area contributed by atoms with E-state index in [9.17, 15) is 19.8 Å². The number of rotatable bonds is 6. The van der Waals surface area contributed by atoms with Crippen LogP contribution in [0.2, 0.25) is 0 Å². The van der Waals surface area contributed by atoms with Crippen LogP contribution in [0.1, 0.15) is 38.5 Å². The first-order valence-electron chi connectivity index (χ1n) is 8.42. The minimum Gasteiger partial charge on any atom is -0.505 e. The van der Waals surface area contributed by atoms with Crippen LogP contribution in [0.25, 0.3) is 11.0 Å². The molecule has 0 aliphatic heterocycles. The molecular weight excluding hydrogens is 348 g/mol. The number of phenolic OH excluding ortho intramolecular Hbond substituents is 1. The number of aryl methyl sites for hydroxylation is 2. The van der Waals surface area contributed by atoms with E-state index in [1.807, 2.05) is 0 Å². The molecule has 0 aliphatic rings. The maximum Gasteiger partial charge on any atom is 0.336 e. The predicted molar refractivity (Wildman–Crippen MR) is 99.7 cm³/mol. The minimum absolute atomic E-state index is 0.0316. The molecule has 3 rings (SSSR count). The number of para-hydroxylation sites is 1. The molecule has 7 heteroatoms. The molecule has 0 fully saturated rings. The third-order valence-corrected chi connectivity index (χ3v) is 4.72. The lowest BCUT2D eigenvalue weighted by molar-refractivity contribution is 0.0694. The fourth-order valence-corrected chi connectivity index (χ4v) is 3.15. The number of carbonyl (C=O) groups is 2. The highest BCUT2D eigenvalue weighted by Crippen LogP contribution is 2.33. The van der Waals surface area contributed by atoms with E-state index in [1.54, 1.807) is 42.8 Å². The van der Waals surface area contributed by atoms with Crippen LogP contribution in [0.3, 0.4) is 0 Å². The van der Waals surface area contributed by atoms with Gasteiger partial charge in [-0.3, -0.25) is 4.79 Å². The number of benzene rings is 2. The Hall–Kier alpha value is -3.35. The fourth-order valence-electron chi connectivity index (χ4n) is 3.15. The van der Waals surface area contributed by atoms with Crippen molar-refractivity contribution in [1.82, 2.24) is 9.55 Å². The molecule has 1 heterocycles. The summed E-state index contributed by atoms with van der Waals surface area (Å²) in [6, 6.07) is 8.33. The Balaban J connectivity index is 1.99. The number of aromatic nitrogens is 2. The lowest BCUT2D eigenvalue weighted by atomic mass is 9.97. The van der Waals surface area contributed by atoms with Gasteiger partial charge in [0.1, 0.15) is 22.8 Å². The second-order valence-electron chi connectivity index (χ2n) is 6.27. The maximum absolute atomic E-state index is 12.6. The summed E-state index contributed by atoms with van der Waals surface area (Å²) in [5.41, 5.74) is 1.46. The summed E-state index contributed by atoms with van der Waals surface area (Å²) in [5.74, 6) is -0.437. The number of carboxylic acid groups (broad SMARTS) is 1. The van der Waals surface area contributed by atoms with Gasteiger partial charge in [0.15, 0.2) is 5.78 Å². The van der Waals surface area contributed by atoms with Crippen molar-refractivity contribution in [3.8, 4) is 11.5 Å². The highest BCUT2D eigenvalue weighted by atomic mass is 16.5. The Labute approximate surface area is 155 Å². The molecule has 2 N–H and O–H groups in total. The van der Waals surface area contributed by atoms with E-state index in [0.29, 0.717) is 28.2 Å². The molecule has 1 aromatic heterocycles. The topological polar surface area (TPSA) is 102 Å². The molecular formula is C20H20N2O5. The number of hydrogen-bond donors (Lipinski definition) is 2. The number of fused-ring (bicyclic) bond motifs is 1. The van der Waals surface area contributed by atoms with Crippen LogP contribution in [0.15, 0.2) is 30.3 Å². The second-order valence-corrected chi connectivity index (χ2v) is 6.27. The normalized spacial score (nSPS) is 10.9. The largest absolute Gasteiger partial charge is 0.505 e. The zero-order valence-electron chi connectivity index (χ0n) is 15.3. The van der Waals surface area contributed by atoms with Gasteiger partial charge in [0.25, 0.3) is 0 Å². The summed E-state index contributed by atoms with van der Waals surface area (Å²) in [4.78, 5) is 28.6. The molecule has 0 radical (unpaired) electrons. The van der Waals surface area contributed by atoms with E-state index >= 15 is 0 Å². The monoisotopic (exact) mass is 368 g/mol. The minimum atomic E-state index is -1.16. The molecule has 7 nitrogen and oxygen atoms in total. The molecule has 0 bridgehead atoms. The predicted octanol–water partition coefficient (Wildman–Crippen LogP) is 3.11. The molecule has 0 spiro atoms. The summed E-state index contributed by atoms with van der Waals surface area (Å²) in [7, 11) is 3.23. The summed E-state index contributed by atoms with van der Waals surface area (Å²) in [6.45, 7) is 1.77. The summed E-state index contributed by atoms with van der Waals surface area (Å²) >= 11 is 0. The first-order chi connectivity index (χ1) is 12.8. The summed E-state index contributed by atoms with van der Waals surface area (Å²) in [5, 5.41) is 20.2. The SMILES string of the molecule is COc1ccccc1C(=O)CCc1c(C(=O)O)cc2c(nc(C)n2C)c1O. The first-order valence-corrected chi connectivity index (χ1v) is 8.42. The van der Waals surface area contributed by atoms with Crippen molar-refractivity contribution in [2.75, 3.05) is 7.11 Å². The molecule has 0 saturated carbocycles. The number of aromatic hydroxyl groups is 1. The van der Waals surface area contributed by atoms with Crippen LogP contribution in [0.5, 0.6) is 11.5 Å². The molecule has 0 unspecified atom stereocenters. The lowest BCUT2D eigenvalue weighted by Gasteiger charge is -2.11. The van der Waals surface area contributed by atoms with Crippen molar-refractivity contribution in [3.05, 3.63) is 52.8 Å². The zero-order chi connectivity index (χ0) is 19.7. The first kappa shape index (κ1) is 18.4. The van der Waals surface area contributed by atoms with Crippen LogP contribution in [0, 0.1) is 6.92 Å². The Morgan fingerprint density at radius 2 is 1.93 bits per heavy atom. The number of ether oxygens (including phenoxy) is 1. The van der Waals surface area contributed by atoms with Crippen molar-refractivity contribution in [2.24, 2.45) is 7.05 Å². The summed E-state index contributed by atoms with van der Waals surface area (Å²) in [6.07, 6.45) is 0.113. The lowest BCUT2D eigenvalue weighted by Crippen LogP contribution is -2.08. The van der Waals surface area contributed by atoms with Gasteiger partial charge in [-0.1, -0.05) is 12.1 Å². The van der Waals surface area contributed by atoms with Crippen molar-refractivity contribution in [2.45, 2.75) is 19.8 Å². The Kier molecular flexibility index (Phi) is 4.85. The average Bonchev–Trinajstić information content (AvgIpc) is 2.95. The molecule has 140 valence electrons. The summed E-state index contributed by atoms with van der Waals surface area (Å²) < 4.78 is 6.91. The van der Waals surface area contributed by atoms with E-state index in [0.717, 1.165) is 0 Å². The van der Waals surface area contributed by atoms with Gasteiger partial charge in [0.05, 0.1) is 23.8 Å². The Morgan fingerprint density at radius 3 is 2.59 bits per heavy atom. The zero-order valence-corrected chi connectivity index (χ0v) is 15.3. The quantitative estimate of drug-likeness (QED) is 0.648. The van der Waals surface area contributed by atoms with Crippen LogP contribution in [-0.2, 0) is 13.5 Å². The highest BCUT2D eigenvalue weighted by Gasteiger charge is 2.22. The number of carboxylic acids is 1. The molecule has 0 aliphatic carbocycles. The molecule has 27 heavy (non-hydrogen) atoms. The van der Waals surface area contributed by atoms with Crippen molar-refractivity contribution in [1.29, 1.82) is 0 Å². The standard InChI is InChI=1S/C20H20N2O5/c1-11-21-18-15(22(11)2)10-14(20(25)26)12(19(18)24)8-9-16(23)13-6-4-5-7-17(13)27-3/h4-7,10,24H,8-9H2,1-3H3,(H,25,26). The second kappa shape index (κ2) is 7.11. The Morgan fingerprint density at radius 1 is 1.22 bits per heavy atom. The molecule has 0 atom stereocenters. The van der Waals surface area contributed by atoms with E-state index in [-0.39, 0.29) is 35.5 Å². The number of carbonyl (C=O) groups excluding carboxylic acids is 1. The van der Waals surface area contributed by atoms with E-state index < -0.39 is 5.97 Å². The van der Waals surface area contributed by atoms with Gasteiger partial charge < -0.3 is 19.5 Å². The number of ketones is 1. The van der Waals surface area contributed by atoms with Crippen LogP contribution < -0.4 is 4.74 Å². The van der Waals surface area contributed by atoms with E-state index in [1.165, 1.54) is 13.2 Å². The molecule has 0 saturated heterocycles. The van der Waals surface area contributed by atoms with E-state index in [4.69, 9.17) is 4.74 Å². The van der Waals surface area contributed by atoms with Crippen LogP contribution in [-0.4, -0.2) is 38.6 Å². The smallest absolute Gasteiger partial charge is 0.336 e. The van der Waals surface area contributed by atoms with Crippen molar-refractivity contribution in [3.63, 3.8) is 0 Å². The number of hydrogen-bond acceptors (Lipinski definition) is 5. The van der Waals surface area contributed by atoms with Crippen LogP contribution >= 0.6 is 0 Å². The van der Waals surface area contributed by atoms with Gasteiger partial charge in [-0.25, -0.2) is 9.78 Å². The molecule has 3 aromatic rings. The van der Waals surface area contributed by atoms with Gasteiger partial charge in [0.2, 0.25) is 0 Å². The fraction of sp³-hybridized carbons (Fsp3) is 0.250. The third kappa shape index (κ3) is 3.23. The van der Waals surface area contributed by atoms with Gasteiger partial charge in [-0.15, -0.1) is 0 Å². The number of Topliss-reactive ketones (excluding diaryl/α,β-unsaturated/α-hetero) is 1. The third-order valence-electron chi connectivity index (χ3n) is 4.72. The number of methoxy groups -OCH3 is 1. The van der Waals surface area contributed by atoms with Crippen molar-refractivity contribution < 1.29 is 24.5 Å². The van der Waals surface area contributed by atoms with E-state index in [2.05, 4.69) is 4.98 Å². The molecule has 2 aromatic carbocycles. The number of phenols is 1. The average molecular weight is 368 g/mol. The van der Waals surface area contributed by atoms with Gasteiger partial charge in [-0.05, 0) is 31.5 Å². The Bertz CT molecular complexity index is 1050. The van der Waals surface area contributed by atoms with Crippen molar-refractivity contribution >= 4 is 22.8 Å². The molecule has 0 amide bonds.